The third-order valence-corrected chi connectivity index (χ3v) is 4.66. The van der Waals surface area contributed by atoms with Crippen LogP contribution in [0.25, 0.3) is 0 Å². The van der Waals surface area contributed by atoms with E-state index in [1.54, 1.807) is 19.2 Å². The number of nitrogens with one attached hydrogen (secondary N) is 2. The van der Waals surface area contributed by atoms with E-state index >= 15 is 0 Å². The summed E-state index contributed by atoms with van der Waals surface area (Å²) in [7, 11) is 1.54. The van der Waals surface area contributed by atoms with E-state index in [9.17, 15) is 5.11 Å². The molecule has 28 heavy (non-hydrogen) atoms. The van der Waals surface area contributed by atoms with Gasteiger partial charge in [0.1, 0.15) is 0 Å². The van der Waals surface area contributed by atoms with E-state index in [2.05, 4.69) is 51.7 Å². The Morgan fingerprint density at radius 2 is 2.04 bits per heavy atom. The molecule has 152 valence electrons. The molecule has 0 radical (unpaired) electrons. The van der Waals surface area contributed by atoms with Gasteiger partial charge in [0.25, 0.3) is 0 Å². The summed E-state index contributed by atoms with van der Waals surface area (Å²) in [5.41, 5.74) is 2.19. The maximum absolute atomic E-state index is 9.92. The lowest BCUT2D eigenvalue weighted by Crippen LogP contribution is -2.44. The number of ether oxygens (including phenoxy) is 1. The first-order chi connectivity index (χ1) is 13.2. The molecule has 3 rings (SSSR count). The molecule has 1 heterocycles. The van der Waals surface area contributed by atoms with Crippen molar-refractivity contribution in [2.75, 3.05) is 31.6 Å². The first-order valence-corrected chi connectivity index (χ1v) is 9.40. The van der Waals surface area contributed by atoms with Gasteiger partial charge in [-0.15, -0.1) is 24.0 Å². The van der Waals surface area contributed by atoms with Crippen molar-refractivity contribution in [2.24, 2.45) is 4.99 Å². The predicted octanol–water partition coefficient (Wildman–Crippen LogP) is 3.35. The minimum Gasteiger partial charge on any atom is -0.504 e. The molecule has 0 aliphatic carbocycles. The number of para-hydroxylation sites is 1. The molecule has 0 spiro atoms. The van der Waals surface area contributed by atoms with Crippen molar-refractivity contribution in [2.45, 2.75) is 25.9 Å². The number of anilines is 1. The van der Waals surface area contributed by atoms with Gasteiger partial charge in [0.05, 0.1) is 13.7 Å². The smallest absolute Gasteiger partial charge is 0.191 e. The normalized spacial score (nSPS) is 16.4. The quantitative estimate of drug-likeness (QED) is 0.325. The van der Waals surface area contributed by atoms with E-state index in [0.29, 0.717) is 18.3 Å². The standard InChI is InChI=1S/C21H28N4O2.HI/c1-3-22-21(23-14-16-9-10-20(27-2)19(26)13-16)24-17-11-12-25(15-17)18-7-5-4-6-8-18;/h4-10,13,17,26H,3,11-12,14-15H2,1-2H3,(H2,22,23,24);1H. The number of guanidine groups is 1. The lowest BCUT2D eigenvalue weighted by atomic mass is 10.2. The summed E-state index contributed by atoms with van der Waals surface area (Å²) in [5, 5.41) is 16.8. The number of hydrogen-bond acceptors (Lipinski definition) is 4. The van der Waals surface area contributed by atoms with Gasteiger partial charge < -0.3 is 25.4 Å². The zero-order chi connectivity index (χ0) is 19.1. The Hall–Kier alpha value is -2.16. The van der Waals surface area contributed by atoms with Crippen LogP contribution in [0.1, 0.15) is 18.9 Å². The second-order valence-electron chi connectivity index (χ2n) is 6.61. The summed E-state index contributed by atoms with van der Waals surface area (Å²) in [6.45, 7) is 5.34. The van der Waals surface area contributed by atoms with E-state index in [-0.39, 0.29) is 29.7 Å². The Morgan fingerprint density at radius 3 is 2.71 bits per heavy atom. The van der Waals surface area contributed by atoms with Crippen LogP contribution in [-0.4, -0.2) is 43.9 Å². The highest BCUT2D eigenvalue weighted by atomic mass is 127. The van der Waals surface area contributed by atoms with Gasteiger partial charge in [0.2, 0.25) is 0 Å². The van der Waals surface area contributed by atoms with Crippen molar-refractivity contribution >= 4 is 35.6 Å². The summed E-state index contributed by atoms with van der Waals surface area (Å²) in [6, 6.07) is 16.2. The van der Waals surface area contributed by atoms with Gasteiger partial charge in [-0.05, 0) is 43.2 Å². The van der Waals surface area contributed by atoms with E-state index < -0.39 is 0 Å². The molecule has 1 saturated heterocycles. The lowest BCUT2D eigenvalue weighted by Gasteiger charge is -2.20. The molecular formula is C21H29IN4O2. The fraction of sp³-hybridized carbons (Fsp3) is 0.381. The largest absolute Gasteiger partial charge is 0.504 e. The van der Waals surface area contributed by atoms with Crippen LogP contribution in [0.3, 0.4) is 0 Å². The topological polar surface area (TPSA) is 69.1 Å². The second-order valence-corrected chi connectivity index (χ2v) is 6.61. The van der Waals surface area contributed by atoms with Crippen LogP contribution in [-0.2, 0) is 6.54 Å². The number of halogens is 1. The van der Waals surface area contributed by atoms with Crippen molar-refractivity contribution in [3.05, 3.63) is 54.1 Å². The minimum absolute atomic E-state index is 0. The Kier molecular flexibility index (Phi) is 8.69. The highest BCUT2D eigenvalue weighted by molar-refractivity contribution is 14.0. The molecule has 1 aliphatic rings. The van der Waals surface area contributed by atoms with Gasteiger partial charge in [-0.2, -0.15) is 0 Å². The maximum Gasteiger partial charge on any atom is 0.191 e. The first kappa shape index (κ1) is 22.1. The SMILES string of the molecule is CCNC(=NCc1ccc(OC)c(O)c1)NC1CCN(c2ccccc2)C1.I. The van der Waals surface area contributed by atoms with Crippen LogP contribution in [0.4, 0.5) is 5.69 Å². The molecule has 1 fully saturated rings. The number of benzene rings is 2. The van der Waals surface area contributed by atoms with Crippen molar-refractivity contribution in [3.8, 4) is 11.5 Å². The number of hydrogen-bond donors (Lipinski definition) is 3. The zero-order valence-corrected chi connectivity index (χ0v) is 18.7. The number of methoxy groups -OCH3 is 1. The molecule has 1 atom stereocenters. The van der Waals surface area contributed by atoms with Crippen molar-refractivity contribution in [3.63, 3.8) is 0 Å². The van der Waals surface area contributed by atoms with Crippen molar-refractivity contribution < 1.29 is 9.84 Å². The van der Waals surface area contributed by atoms with Gasteiger partial charge in [0.15, 0.2) is 17.5 Å². The summed E-state index contributed by atoms with van der Waals surface area (Å²) in [6.07, 6.45) is 1.07. The van der Waals surface area contributed by atoms with Crippen molar-refractivity contribution in [1.29, 1.82) is 0 Å². The number of phenolic OH excluding ortho intramolecular Hbond substituents is 1. The first-order valence-electron chi connectivity index (χ1n) is 9.40. The molecule has 1 unspecified atom stereocenters. The van der Waals surface area contributed by atoms with Crippen LogP contribution in [0.2, 0.25) is 0 Å². The maximum atomic E-state index is 9.92. The number of aromatic hydroxyl groups is 1. The minimum atomic E-state index is 0. The molecule has 0 bridgehead atoms. The molecule has 0 amide bonds. The summed E-state index contributed by atoms with van der Waals surface area (Å²) in [4.78, 5) is 7.06. The lowest BCUT2D eigenvalue weighted by molar-refractivity contribution is 0.373. The molecular weight excluding hydrogens is 467 g/mol. The predicted molar refractivity (Wildman–Crippen MR) is 125 cm³/mol. The average molecular weight is 496 g/mol. The second kappa shape index (κ2) is 11.0. The molecule has 0 aromatic heterocycles. The van der Waals surface area contributed by atoms with Crippen LogP contribution in [0, 0.1) is 0 Å². The number of nitrogens with zero attached hydrogens (tertiary/aromatic N) is 2. The zero-order valence-electron chi connectivity index (χ0n) is 16.4. The number of rotatable bonds is 6. The Morgan fingerprint density at radius 1 is 1.25 bits per heavy atom. The Labute approximate surface area is 184 Å². The molecule has 3 N–H and O–H groups in total. The van der Waals surface area contributed by atoms with E-state index in [1.165, 1.54) is 5.69 Å². The average Bonchev–Trinajstić information content (AvgIpc) is 3.16. The monoisotopic (exact) mass is 496 g/mol. The van der Waals surface area contributed by atoms with Crippen LogP contribution in [0.5, 0.6) is 11.5 Å². The molecule has 6 nitrogen and oxygen atoms in total. The van der Waals surface area contributed by atoms with E-state index in [4.69, 9.17) is 4.74 Å². The van der Waals surface area contributed by atoms with Crippen LogP contribution >= 0.6 is 24.0 Å². The molecule has 2 aromatic carbocycles. The highest BCUT2D eigenvalue weighted by Crippen LogP contribution is 2.26. The highest BCUT2D eigenvalue weighted by Gasteiger charge is 2.23. The van der Waals surface area contributed by atoms with E-state index in [0.717, 1.165) is 37.6 Å². The van der Waals surface area contributed by atoms with Crippen molar-refractivity contribution in [1.82, 2.24) is 10.6 Å². The van der Waals surface area contributed by atoms with Gasteiger partial charge in [0, 0.05) is 31.4 Å². The number of aliphatic imine (C=N–C) groups is 1. The van der Waals surface area contributed by atoms with Gasteiger partial charge in [-0.3, -0.25) is 0 Å². The molecule has 2 aromatic rings. The summed E-state index contributed by atoms with van der Waals surface area (Å²) in [5.74, 6) is 1.41. The van der Waals surface area contributed by atoms with Gasteiger partial charge in [-0.25, -0.2) is 4.99 Å². The van der Waals surface area contributed by atoms with Gasteiger partial charge in [-0.1, -0.05) is 24.3 Å². The van der Waals surface area contributed by atoms with E-state index in [1.807, 2.05) is 12.1 Å². The Bertz CT molecular complexity index is 770. The third-order valence-electron chi connectivity index (χ3n) is 4.66. The molecule has 7 heteroatoms. The number of phenols is 1. The third kappa shape index (κ3) is 5.92. The van der Waals surface area contributed by atoms with Crippen LogP contribution in [0.15, 0.2) is 53.5 Å². The summed E-state index contributed by atoms with van der Waals surface area (Å²) >= 11 is 0. The fourth-order valence-electron chi connectivity index (χ4n) is 3.27. The molecule has 1 aliphatic heterocycles. The summed E-state index contributed by atoms with van der Waals surface area (Å²) < 4.78 is 5.08. The van der Waals surface area contributed by atoms with Crippen LogP contribution < -0.4 is 20.3 Å². The molecule has 0 saturated carbocycles. The van der Waals surface area contributed by atoms with Gasteiger partial charge >= 0.3 is 0 Å². The fourth-order valence-corrected chi connectivity index (χ4v) is 3.27. The Balaban J connectivity index is 0.00000280.